The number of thioether (sulfide) groups is 1. The molecule has 0 bridgehead atoms. The van der Waals surface area contributed by atoms with Gasteiger partial charge in [0.2, 0.25) is 11.1 Å². The molecule has 10 heteroatoms. The number of aromatic amines is 1. The number of H-pyrrole nitrogens is 1. The van der Waals surface area contributed by atoms with Crippen molar-refractivity contribution in [3.05, 3.63) is 53.6 Å². The maximum Gasteiger partial charge on any atom is 0.417 e. The van der Waals surface area contributed by atoms with Crippen molar-refractivity contribution in [2.75, 3.05) is 11.1 Å². The van der Waals surface area contributed by atoms with Gasteiger partial charge in [-0.05, 0) is 36.8 Å². The lowest BCUT2D eigenvalue weighted by atomic mass is 10.1. The number of nitrogens with zero attached hydrogens (tertiary/aromatic N) is 3. The van der Waals surface area contributed by atoms with E-state index in [0.717, 1.165) is 23.4 Å². The summed E-state index contributed by atoms with van der Waals surface area (Å²) < 4.78 is 39.9. The van der Waals surface area contributed by atoms with Crippen molar-refractivity contribution >= 4 is 45.4 Å². The minimum absolute atomic E-state index is 0.0369. The first-order chi connectivity index (χ1) is 13.8. The molecule has 6 nitrogen and oxygen atoms in total. The van der Waals surface area contributed by atoms with Crippen molar-refractivity contribution in [3.8, 4) is 0 Å². The van der Waals surface area contributed by atoms with E-state index < -0.39 is 11.7 Å². The Balaban J connectivity index is 1.55. The Hall–Kier alpha value is -3.14. The van der Waals surface area contributed by atoms with Gasteiger partial charge in [-0.25, -0.2) is 4.98 Å². The minimum Gasteiger partial charge on any atom is -0.338 e. The van der Waals surface area contributed by atoms with E-state index in [9.17, 15) is 18.0 Å². The zero-order valence-corrected chi connectivity index (χ0v) is 15.9. The smallest absolute Gasteiger partial charge is 0.338 e. The molecule has 4 aromatic rings. The maximum atomic E-state index is 13.3. The summed E-state index contributed by atoms with van der Waals surface area (Å²) in [6.45, 7) is 1.92. The molecule has 0 aliphatic rings. The lowest BCUT2D eigenvalue weighted by molar-refractivity contribution is -0.136. The first kappa shape index (κ1) is 19.2. The zero-order valence-electron chi connectivity index (χ0n) is 15.0. The van der Waals surface area contributed by atoms with Gasteiger partial charge in [-0.3, -0.25) is 4.79 Å². The number of rotatable bonds is 4. The number of halogens is 3. The first-order valence-corrected chi connectivity index (χ1v) is 9.51. The largest absolute Gasteiger partial charge is 0.417 e. The third-order valence-electron chi connectivity index (χ3n) is 4.16. The summed E-state index contributed by atoms with van der Waals surface area (Å²) in [6, 6.07) is 11.2. The first-order valence-electron chi connectivity index (χ1n) is 8.53. The predicted molar refractivity (Wildman–Crippen MR) is 105 cm³/mol. The number of alkyl halides is 3. The average Bonchev–Trinajstić information content (AvgIpc) is 3.03. The van der Waals surface area contributed by atoms with Crippen LogP contribution in [0.5, 0.6) is 0 Å². The normalized spacial score (nSPS) is 11.9. The van der Waals surface area contributed by atoms with E-state index >= 15 is 0 Å². The van der Waals surface area contributed by atoms with Crippen LogP contribution in [0, 0.1) is 6.92 Å². The molecule has 0 unspecified atom stereocenters. The Labute approximate surface area is 166 Å². The molecule has 0 saturated heterocycles. The monoisotopic (exact) mass is 417 g/mol. The van der Waals surface area contributed by atoms with Crippen LogP contribution in [0.3, 0.4) is 0 Å². The highest BCUT2D eigenvalue weighted by molar-refractivity contribution is 7.99. The summed E-state index contributed by atoms with van der Waals surface area (Å²) in [4.78, 5) is 19.2. The standard InChI is InChI=1S/C19H14F3N5OS/c1-10-4-2-5-11(8-10)23-14(28)9-29-18-25-17-16(26-27-18)15-12(19(20,21)22)6-3-7-13(15)24-17/h2-8H,9H2,1H3,(H,23,28)(H,24,25,27). The van der Waals surface area contributed by atoms with Crippen LogP contribution in [0.4, 0.5) is 18.9 Å². The highest BCUT2D eigenvalue weighted by Gasteiger charge is 2.34. The Morgan fingerprint density at radius 2 is 1.97 bits per heavy atom. The van der Waals surface area contributed by atoms with Crippen molar-refractivity contribution < 1.29 is 18.0 Å². The van der Waals surface area contributed by atoms with Gasteiger partial charge >= 0.3 is 6.18 Å². The second-order valence-corrected chi connectivity index (χ2v) is 7.29. The van der Waals surface area contributed by atoms with Gasteiger partial charge in [0.05, 0.1) is 11.3 Å². The molecule has 0 fully saturated rings. The number of benzene rings is 2. The number of carbonyl (C=O) groups excluding carboxylic acids is 1. The van der Waals surface area contributed by atoms with Crippen molar-refractivity contribution in [2.24, 2.45) is 0 Å². The summed E-state index contributed by atoms with van der Waals surface area (Å²) in [6.07, 6.45) is -4.52. The van der Waals surface area contributed by atoms with Crippen LogP contribution in [-0.4, -0.2) is 31.8 Å². The SMILES string of the molecule is Cc1cccc(NC(=O)CSc2nnc3c(n2)[nH]c2cccc(C(F)(F)F)c23)c1. The van der Waals surface area contributed by atoms with Crippen LogP contribution in [0.2, 0.25) is 0 Å². The van der Waals surface area contributed by atoms with Gasteiger partial charge in [0.25, 0.3) is 0 Å². The number of anilines is 1. The molecule has 4 rings (SSSR count). The average molecular weight is 417 g/mol. The second kappa shape index (κ2) is 7.36. The van der Waals surface area contributed by atoms with Crippen LogP contribution < -0.4 is 5.32 Å². The molecule has 2 heterocycles. The molecule has 2 aromatic heterocycles. The molecule has 2 aromatic carbocycles. The van der Waals surface area contributed by atoms with Gasteiger partial charge in [-0.2, -0.15) is 13.2 Å². The van der Waals surface area contributed by atoms with Crippen LogP contribution in [-0.2, 0) is 11.0 Å². The van der Waals surface area contributed by atoms with Crippen molar-refractivity contribution in [2.45, 2.75) is 18.3 Å². The highest BCUT2D eigenvalue weighted by atomic mass is 32.2. The number of hydrogen-bond donors (Lipinski definition) is 2. The van der Waals surface area contributed by atoms with E-state index in [1.54, 1.807) is 6.07 Å². The third kappa shape index (κ3) is 4.02. The zero-order chi connectivity index (χ0) is 20.6. The van der Waals surface area contributed by atoms with Crippen LogP contribution in [0.25, 0.3) is 22.1 Å². The van der Waals surface area contributed by atoms with E-state index in [0.29, 0.717) is 5.69 Å². The molecule has 29 heavy (non-hydrogen) atoms. The number of carbonyl (C=O) groups is 1. The van der Waals surface area contributed by atoms with E-state index in [1.807, 2.05) is 25.1 Å². The molecular weight excluding hydrogens is 403 g/mol. The van der Waals surface area contributed by atoms with Gasteiger partial charge < -0.3 is 10.3 Å². The number of fused-ring (bicyclic) bond motifs is 3. The van der Waals surface area contributed by atoms with Crippen LogP contribution in [0.15, 0.2) is 47.6 Å². The molecule has 0 aliphatic heterocycles. The predicted octanol–water partition coefficient (Wildman–Crippen LogP) is 4.56. The summed E-state index contributed by atoms with van der Waals surface area (Å²) in [5.74, 6) is -0.213. The Bertz CT molecular complexity index is 1220. The van der Waals surface area contributed by atoms with E-state index in [4.69, 9.17) is 0 Å². The molecule has 1 amide bonds. The highest BCUT2D eigenvalue weighted by Crippen LogP contribution is 2.37. The quantitative estimate of drug-likeness (QED) is 0.476. The topological polar surface area (TPSA) is 83.6 Å². The van der Waals surface area contributed by atoms with Crippen molar-refractivity contribution in [1.29, 1.82) is 0 Å². The Morgan fingerprint density at radius 1 is 1.17 bits per heavy atom. The minimum atomic E-state index is -4.52. The fraction of sp³-hybridized carbons (Fsp3) is 0.158. The third-order valence-corrected chi connectivity index (χ3v) is 5.00. The fourth-order valence-electron chi connectivity index (χ4n) is 2.95. The van der Waals surface area contributed by atoms with E-state index in [1.165, 1.54) is 12.1 Å². The summed E-state index contributed by atoms with van der Waals surface area (Å²) in [5, 5.41) is 10.7. The summed E-state index contributed by atoms with van der Waals surface area (Å²) in [7, 11) is 0. The summed E-state index contributed by atoms with van der Waals surface area (Å²) >= 11 is 1.05. The second-order valence-electron chi connectivity index (χ2n) is 6.35. The van der Waals surface area contributed by atoms with Crippen LogP contribution in [0.1, 0.15) is 11.1 Å². The maximum absolute atomic E-state index is 13.3. The molecule has 2 N–H and O–H groups in total. The molecule has 0 radical (unpaired) electrons. The lowest BCUT2D eigenvalue weighted by Crippen LogP contribution is -2.14. The molecule has 0 saturated carbocycles. The Morgan fingerprint density at radius 3 is 2.72 bits per heavy atom. The van der Waals surface area contributed by atoms with Gasteiger partial charge in [0, 0.05) is 16.6 Å². The van der Waals surface area contributed by atoms with E-state index in [2.05, 4.69) is 25.5 Å². The van der Waals surface area contributed by atoms with Crippen LogP contribution >= 0.6 is 11.8 Å². The van der Waals surface area contributed by atoms with Gasteiger partial charge in [0.15, 0.2) is 5.65 Å². The molecule has 148 valence electrons. The molecule has 0 atom stereocenters. The van der Waals surface area contributed by atoms with Gasteiger partial charge in [-0.1, -0.05) is 30.0 Å². The molecule has 0 aliphatic carbocycles. The Kier molecular flexibility index (Phi) is 4.87. The summed E-state index contributed by atoms with van der Waals surface area (Å²) in [5.41, 5.74) is 1.41. The van der Waals surface area contributed by atoms with Gasteiger partial charge in [0.1, 0.15) is 5.52 Å². The number of aryl methyl sites for hydroxylation is 1. The number of nitrogens with one attached hydrogen (secondary N) is 2. The van der Waals surface area contributed by atoms with Gasteiger partial charge in [-0.15, -0.1) is 10.2 Å². The molecule has 0 spiro atoms. The fourth-order valence-corrected chi connectivity index (χ4v) is 3.54. The van der Waals surface area contributed by atoms with E-state index in [-0.39, 0.29) is 38.9 Å². The van der Waals surface area contributed by atoms with Crippen molar-refractivity contribution in [1.82, 2.24) is 20.2 Å². The number of hydrogen-bond acceptors (Lipinski definition) is 5. The number of amides is 1. The lowest BCUT2D eigenvalue weighted by Gasteiger charge is -2.07. The number of aromatic nitrogens is 4. The molecular formula is C19H14F3N5OS. The van der Waals surface area contributed by atoms with Crippen molar-refractivity contribution in [3.63, 3.8) is 0 Å².